The van der Waals surface area contributed by atoms with Crippen LogP contribution in [0.5, 0.6) is 0 Å². The van der Waals surface area contributed by atoms with Crippen LogP contribution in [-0.2, 0) is 15.6 Å². The van der Waals surface area contributed by atoms with Crippen LogP contribution < -0.4 is 0 Å². The minimum absolute atomic E-state index is 0.00618. The van der Waals surface area contributed by atoms with Crippen LogP contribution in [0.4, 0.5) is 0 Å². The van der Waals surface area contributed by atoms with E-state index < -0.39 is 0 Å². The van der Waals surface area contributed by atoms with Gasteiger partial charge in [0.25, 0.3) is 0 Å². The highest BCUT2D eigenvalue weighted by atomic mass is 16.5. The Kier molecular flexibility index (Phi) is 7.38. The van der Waals surface area contributed by atoms with Crippen LogP contribution in [0.2, 0.25) is 0 Å². The lowest BCUT2D eigenvalue weighted by molar-refractivity contribution is 0.0633. The average molecular weight is 395 g/mol. The molecule has 2 rings (SSSR count). The third kappa shape index (κ3) is 5.72. The van der Waals surface area contributed by atoms with Gasteiger partial charge in [0.15, 0.2) is 0 Å². The van der Waals surface area contributed by atoms with E-state index in [4.69, 9.17) is 4.74 Å². The first kappa shape index (κ1) is 23.7. The number of hydrogen-bond donors (Lipinski definition) is 0. The van der Waals surface area contributed by atoms with Crippen molar-refractivity contribution in [2.24, 2.45) is 0 Å². The van der Waals surface area contributed by atoms with Gasteiger partial charge in [0.2, 0.25) is 0 Å². The van der Waals surface area contributed by atoms with Gasteiger partial charge in [-0.1, -0.05) is 91.8 Å². The lowest BCUT2D eigenvalue weighted by Gasteiger charge is -2.31. The van der Waals surface area contributed by atoms with Crippen LogP contribution >= 0.6 is 0 Å². The molecule has 0 aliphatic rings. The molecule has 1 heteroatoms. The maximum Gasteiger partial charge on any atom is 0.0558 e. The monoisotopic (exact) mass is 394 g/mol. The molecule has 2 aromatic carbocycles. The number of aryl methyl sites for hydroxylation is 2. The summed E-state index contributed by atoms with van der Waals surface area (Å²) < 4.78 is 6.31. The molecule has 0 aliphatic carbocycles. The Hall–Kier alpha value is -1.60. The second-order valence-corrected chi connectivity index (χ2v) is 10.7. The zero-order valence-electron chi connectivity index (χ0n) is 20.4. The zero-order chi connectivity index (χ0) is 22.0. The van der Waals surface area contributed by atoms with E-state index in [9.17, 15) is 0 Å². The quantitative estimate of drug-likeness (QED) is 0.443. The third-order valence-corrected chi connectivity index (χ3v) is 6.27. The molecule has 0 spiro atoms. The molecule has 0 N–H and O–H groups in total. The van der Waals surface area contributed by atoms with Crippen molar-refractivity contribution >= 4 is 0 Å². The summed E-state index contributed by atoms with van der Waals surface area (Å²) in [5.41, 5.74) is 8.34. The second kappa shape index (κ2) is 9.04. The predicted octanol–water partition coefficient (Wildman–Crippen LogP) is 7.82. The number of rotatable bonds is 8. The first-order valence-corrected chi connectivity index (χ1v) is 11.1. The van der Waals surface area contributed by atoms with Crippen molar-refractivity contribution in [2.75, 3.05) is 13.2 Å². The Morgan fingerprint density at radius 3 is 1.28 bits per heavy atom. The molecule has 0 radical (unpaired) electrons. The minimum atomic E-state index is -0.00618. The fourth-order valence-corrected chi connectivity index (χ4v) is 4.22. The van der Waals surface area contributed by atoms with Crippen molar-refractivity contribution in [2.45, 2.75) is 91.9 Å². The van der Waals surface area contributed by atoms with Gasteiger partial charge in [-0.25, -0.2) is 0 Å². The highest BCUT2D eigenvalue weighted by molar-refractivity contribution is 5.37. The van der Waals surface area contributed by atoms with Crippen LogP contribution in [0.1, 0.15) is 101 Å². The van der Waals surface area contributed by atoms with Crippen LogP contribution in [-0.4, -0.2) is 13.2 Å². The summed E-state index contributed by atoms with van der Waals surface area (Å²) in [7, 11) is 0. The maximum absolute atomic E-state index is 6.31. The third-order valence-electron chi connectivity index (χ3n) is 6.27. The molecule has 0 aromatic heterocycles. The van der Waals surface area contributed by atoms with Gasteiger partial charge in [-0.05, 0) is 59.1 Å². The molecular formula is C28H42O. The summed E-state index contributed by atoms with van der Waals surface area (Å²) in [6.07, 6.45) is 0. The topological polar surface area (TPSA) is 9.23 Å². The molecule has 0 fully saturated rings. The van der Waals surface area contributed by atoms with Gasteiger partial charge < -0.3 is 4.74 Å². The van der Waals surface area contributed by atoms with E-state index in [1.165, 1.54) is 33.4 Å². The molecule has 0 saturated carbocycles. The summed E-state index contributed by atoms with van der Waals surface area (Å²) in [5.74, 6) is 1.13. The summed E-state index contributed by atoms with van der Waals surface area (Å²) in [6.45, 7) is 24.1. The van der Waals surface area contributed by atoms with Crippen molar-refractivity contribution in [1.29, 1.82) is 0 Å². The van der Waals surface area contributed by atoms with Gasteiger partial charge in [0.05, 0.1) is 13.2 Å². The Morgan fingerprint density at radius 2 is 1.00 bits per heavy atom. The zero-order valence-corrected chi connectivity index (χ0v) is 20.4. The van der Waals surface area contributed by atoms with Gasteiger partial charge in [-0.3, -0.25) is 0 Å². The Labute approximate surface area is 179 Å². The van der Waals surface area contributed by atoms with Gasteiger partial charge >= 0.3 is 0 Å². The lowest BCUT2D eigenvalue weighted by atomic mass is 9.81. The Morgan fingerprint density at radius 1 is 0.655 bits per heavy atom. The average Bonchev–Trinajstić information content (AvgIpc) is 2.60. The van der Waals surface area contributed by atoms with Crippen LogP contribution in [0.15, 0.2) is 36.4 Å². The van der Waals surface area contributed by atoms with E-state index in [0.29, 0.717) is 11.8 Å². The number of hydrogen-bond acceptors (Lipinski definition) is 1. The molecule has 0 unspecified atom stereocenters. The highest BCUT2D eigenvalue weighted by Crippen LogP contribution is 2.31. The number of ether oxygens (including phenoxy) is 1. The van der Waals surface area contributed by atoms with Gasteiger partial charge in [0.1, 0.15) is 0 Å². The maximum atomic E-state index is 6.31. The van der Waals surface area contributed by atoms with Crippen LogP contribution in [0.3, 0.4) is 0 Å². The molecule has 0 bridgehead atoms. The van der Waals surface area contributed by atoms with E-state index in [1.807, 2.05) is 0 Å². The Bertz CT molecular complexity index is 755. The molecule has 1 nitrogen and oxygen atoms in total. The van der Waals surface area contributed by atoms with E-state index in [2.05, 4.69) is 106 Å². The summed E-state index contributed by atoms with van der Waals surface area (Å²) in [6, 6.07) is 13.8. The van der Waals surface area contributed by atoms with Crippen LogP contribution in [0, 0.1) is 13.8 Å². The van der Waals surface area contributed by atoms with Crippen molar-refractivity contribution in [3.63, 3.8) is 0 Å². The van der Waals surface area contributed by atoms with E-state index in [-0.39, 0.29) is 10.8 Å². The fraction of sp³-hybridized carbons (Fsp3) is 0.571. The van der Waals surface area contributed by atoms with Crippen LogP contribution in [0.25, 0.3) is 0 Å². The normalized spacial score (nSPS) is 12.8. The molecule has 0 atom stereocenters. The highest BCUT2D eigenvalue weighted by Gasteiger charge is 2.26. The predicted molar refractivity (Wildman–Crippen MR) is 127 cm³/mol. The Balaban J connectivity index is 2.07. The molecule has 2 aromatic rings. The molecule has 0 heterocycles. The summed E-state index contributed by atoms with van der Waals surface area (Å²) in [4.78, 5) is 0. The molecule has 0 amide bonds. The standard InChI is InChI=1S/C28H42O/c1-19(2)25-13-11-23(15-21(25)5)27(7,8)17-29-18-28(9,10)24-12-14-26(20(3)4)22(6)16-24/h11-16,19-20H,17-18H2,1-10H3. The second-order valence-electron chi connectivity index (χ2n) is 10.7. The van der Waals surface area contributed by atoms with E-state index in [1.54, 1.807) is 0 Å². The molecular weight excluding hydrogens is 352 g/mol. The fourth-order valence-electron chi connectivity index (χ4n) is 4.22. The molecule has 160 valence electrons. The smallest absolute Gasteiger partial charge is 0.0558 e. The molecule has 0 aliphatic heterocycles. The largest absolute Gasteiger partial charge is 0.380 e. The van der Waals surface area contributed by atoms with Crippen molar-refractivity contribution < 1.29 is 4.74 Å². The van der Waals surface area contributed by atoms with E-state index >= 15 is 0 Å². The van der Waals surface area contributed by atoms with Gasteiger partial charge in [-0.15, -0.1) is 0 Å². The van der Waals surface area contributed by atoms with Gasteiger partial charge in [-0.2, -0.15) is 0 Å². The molecule has 0 saturated heterocycles. The lowest BCUT2D eigenvalue weighted by Crippen LogP contribution is -2.30. The summed E-state index contributed by atoms with van der Waals surface area (Å²) in [5, 5.41) is 0. The van der Waals surface area contributed by atoms with Crippen molar-refractivity contribution in [1.82, 2.24) is 0 Å². The van der Waals surface area contributed by atoms with Crippen molar-refractivity contribution in [3.8, 4) is 0 Å². The minimum Gasteiger partial charge on any atom is -0.380 e. The SMILES string of the molecule is Cc1cc(C(C)(C)COCC(C)(C)c2ccc(C(C)C)c(C)c2)ccc1C(C)C. The van der Waals surface area contributed by atoms with E-state index in [0.717, 1.165) is 13.2 Å². The first-order chi connectivity index (χ1) is 13.3. The van der Waals surface area contributed by atoms with Crippen molar-refractivity contribution in [3.05, 3.63) is 69.8 Å². The number of benzene rings is 2. The first-order valence-electron chi connectivity index (χ1n) is 11.1. The summed E-state index contributed by atoms with van der Waals surface area (Å²) >= 11 is 0. The van der Waals surface area contributed by atoms with Gasteiger partial charge in [0, 0.05) is 10.8 Å². The molecule has 29 heavy (non-hydrogen) atoms.